The second-order valence-corrected chi connectivity index (χ2v) is 11.7. The number of anilines is 4. The summed E-state index contributed by atoms with van der Waals surface area (Å²) in [7, 11) is -8.92. The monoisotopic (exact) mass is 667 g/mol. The number of halogens is 1. The SMILES string of the molecule is COc1cc(O)c(C(=O)c2ccc(Nc3nc(Cl)nc(Nc4ccc(C(=O)O)c(O)c4)n3)c(S(=O)(=O)O)c2)cc1S(=O)(=O)O. The number of hydrogen-bond acceptors (Lipinski definition) is 14. The largest absolute Gasteiger partial charge is 0.507 e. The van der Waals surface area contributed by atoms with Crippen molar-refractivity contribution < 1.29 is 55.6 Å². The zero-order valence-corrected chi connectivity index (χ0v) is 24.1. The van der Waals surface area contributed by atoms with Crippen LogP contribution in [0.15, 0.2) is 58.3 Å². The van der Waals surface area contributed by atoms with E-state index in [2.05, 4.69) is 25.6 Å². The number of ketones is 1. The van der Waals surface area contributed by atoms with Crippen LogP contribution in [-0.2, 0) is 20.2 Å². The molecule has 0 saturated carbocycles. The number of rotatable bonds is 10. The molecule has 0 amide bonds. The predicted octanol–water partition coefficient (Wildman–Crippen LogP) is 2.85. The summed E-state index contributed by atoms with van der Waals surface area (Å²) in [6.45, 7) is 0. The van der Waals surface area contributed by atoms with Crippen LogP contribution in [0.3, 0.4) is 0 Å². The zero-order chi connectivity index (χ0) is 32.6. The lowest BCUT2D eigenvalue weighted by atomic mass is 10.0. The van der Waals surface area contributed by atoms with E-state index >= 15 is 0 Å². The van der Waals surface area contributed by atoms with Gasteiger partial charge in [0.2, 0.25) is 17.2 Å². The first kappa shape index (κ1) is 31.8. The number of methoxy groups -OCH3 is 1. The fourth-order valence-corrected chi connectivity index (χ4v) is 5.23. The summed E-state index contributed by atoms with van der Waals surface area (Å²) in [5.41, 5.74) is -1.68. The fraction of sp³-hybridized carbons (Fsp3) is 0.0417. The number of hydrogen-bond donors (Lipinski definition) is 7. The second kappa shape index (κ2) is 11.9. The van der Waals surface area contributed by atoms with Gasteiger partial charge < -0.3 is 30.7 Å². The zero-order valence-electron chi connectivity index (χ0n) is 21.7. The first-order valence-corrected chi connectivity index (χ1v) is 14.8. The summed E-state index contributed by atoms with van der Waals surface area (Å²) in [5.74, 6) is -4.87. The molecule has 0 aliphatic heterocycles. The molecule has 0 aliphatic carbocycles. The van der Waals surface area contributed by atoms with Gasteiger partial charge in [0.25, 0.3) is 20.2 Å². The highest BCUT2D eigenvalue weighted by Gasteiger charge is 2.26. The molecule has 0 spiro atoms. The maximum atomic E-state index is 13.2. The molecule has 20 heteroatoms. The van der Waals surface area contributed by atoms with Gasteiger partial charge in [-0.1, -0.05) is 0 Å². The molecule has 0 radical (unpaired) electrons. The molecule has 0 saturated heterocycles. The van der Waals surface area contributed by atoms with Crippen molar-refractivity contribution in [2.24, 2.45) is 0 Å². The number of carboxylic acids is 1. The van der Waals surface area contributed by atoms with Gasteiger partial charge in [0.15, 0.2) is 5.78 Å². The molecule has 0 atom stereocenters. The number of carbonyl (C=O) groups is 2. The highest BCUT2D eigenvalue weighted by Crippen LogP contribution is 2.34. The van der Waals surface area contributed by atoms with Crippen LogP contribution >= 0.6 is 11.6 Å². The molecule has 230 valence electrons. The van der Waals surface area contributed by atoms with Crippen LogP contribution in [0, 0.1) is 0 Å². The lowest BCUT2D eigenvalue weighted by Gasteiger charge is -2.13. The van der Waals surface area contributed by atoms with Crippen molar-refractivity contribution in [3.05, 3.63) is 70.5 Å². The van der Waals surface area contributed by atoms with Gasteiger partial charge in [-0.25, -0.2) is 4.79 Å². The molecule has 7 N–H and O–H groups in total. The van der Waals surface area contributed by atoms with Gasteiger partial charge in [-0.2, -0.15) is 31.8 Å². The molecule has 3 aromatic carbocycles. The number of carboxylic acid groups (broad SMARTS) is 1. The molecule has 0 bridgehead atoms. The second-order valence-electron chi connectivity index (χ2n) is 8.55. The Morgan fingerprint density at radius 3 is 1.98 bits per heavy atom. The summed E-state index contributed by atoms with van der Waals surface area (Å²) in [4.78, 5) is 34.2. The van der Waals surface area contributed by atoms with Crippen LogP contribution in [0.4, 0.5) is 23.3 Å². The number of carbonyl (C=O) groups excluding carboxylic acids is 1. The van der Waals surface area contributed by atoms with Crippen LogP contribution in [0.5, 0.6) is 17.2 Å². The van der Waals surface area contributed by atoms with E-state index in [1.54, 1.807) is 0 Å². The molecular weight excluding hydrogens is 650 g/mol. The van der Waals surface area contributed by atoms with Gasteiger partial charge in [0.05, 0.1) is 18.4 Å². The Bertz CT molecular complexity index is 2060. The summed E-state index contributed by atoms with van der Waals surface area (Å²) >= 11 is 5.95. The van der Waals surface area contributed by atoms with Crippen molar-refractivity contribution in [1.29, 1.82) is 0 Å². The molecule has 1 heterocycles. The Morgan fingerprint density at radius 2 is 1.41 bits per heavy atom. The van der Waals surface area contributed by atoms with Gasteiger partial charge >= 0.3 is 5.97 Å². The number of aromatic hydroxyl groups is 2. The quantitative estimate of drug-likeness (QED) is 0.0945. The van der Waals surface area contributed by atoms with E-state index in [4.69, 9.17) is 21.4 Å². The van der Waals surface area contributed by atoms with Crippen molar-refractivity contribution >= 4 is 66.9 Å². The lowest BCUT2D eigenvalue weighted by molar-refractivity contribution is 0.0693. The molecule has 4 aromatic rings. The number of aromatic nitrogens is 3. The van der Waals surface area contributed by atoms with Crippen molar-refractivity contribution in [3.8, 4) is 17.2 Å². The van der Waals surface area contributed by atoms with Crippen molar-refractivity contribution in [1.82, 2.24) is 15.0 Å². The Labute approximate surface area is 252 Å². The van der Waals surface area contributed by atoms with Gasteiger partial charge in [0.1, 0.15) is 32.6 Å². The van der Waals surface area contributed by atoms with Crippen LogP contribution in [0.2, 0.25) is 5.28 Å². The minimum atomic E-state index is -5.06. The van der Waals surface area contributed by atoms with Gasteiger partial charge in [-0.05, 0) is 48.0 Å². The van der Waals surface area contributed by atoms with E-state index in [9.17, 15) is 45.7 Å². The van der Waals surface area contributed by atoms with E-state index < -0.39 is 75.4 Å². The third-order valence-electron chi connectivity index (χ3n) is 5.67. The molecule has 1 aromatic heterocycles. The Hall–Kier alpha value is -5.08. The minimum Gasteiger partial charge on any atom is -0.507 e. The lowest BCUT2D eigenvalue weighted by Crippen LogP contribution is -2.10. The number of benzene rings is 3. The molecule has 0 aliphatic rings. The number of nitrogens with one attached hydrogen (secondary N) is 2. The molecule has 4 rings (SSSR count). The number of nitrogens with zero attached hydrogens (tertiary/aromatic N) is 3. The third-order valence-corrected chi connectivity index (χ3v) is 7.60. The fourth-order valence-electron chi connectivity index (χ4n) is 3.73. The van der Waals surface area contributed by atoms with E-state index in [1.807, 2.05) is 0 Å². The normalized spacial score (nSPS) is 11.5. The number of phenols is 2. The summed E-state index contributed by atoms with van der Waals surface area (Å²) in [6.07, 6.45) is 0. The predicted molar refractivity (Wildman–Crippen MR) is 151 cm³/mol. The Morgan fingerprint density at radius 1 is 0.795 bits per heavy atom. The average molecular weight is 668 g/mol. The van der Waals surface area contributed by atoms with E-state index in [0.717, 1.165) is 37.4 Å². The molecule has 17 nitrogen and oxygen atoms in total. The third kappa shape index (κ3) is 6.93. The summed E-state index contributed by atoms with van der Waals surface area (Å²) < 4.78 is 72.1. The van der Waals surface area contributed by atoms with Crippen molar-refractivity contribution in [3.63, 3.8) is 0 Å². The Balaban J connectivity index is 1.70. The number of ether oxygens (including phenoxy) is 1. The van der Waals surface area contributed by atoms with Crippen LogP contribution in [0.1, 0.15) is 26.3 Å². The smallest absolute Gasteiger partial charge is 0.339 e. The van der Waals surface area contributed by atoms with Crippen LogP contribution in [-0.4, -0.2) is 75.1 Å². The topological polar surface area (TPSA) is 276 Å². The maximum Gasteiger partial charge on any atom is 0.339 e. The molecule has 0 unspecified atom stereocenters. The van der Waals surface area contributed by atoms with Gasteiger partial charge in [-0.3, -0.25) is 13.9 Å². The average Bonchev–Trinajstić information content (AvgIpc) is 2.91. The Kier molecular flexibility index (Phi) is 8.61. The van der Waals surface area contributed by atoms with E-state index in [-0.39, 0.29) is 28.8 Å². The van der Waals surface area contributed by atoms with Crippen molar-refractivity contribution in [2.45, 2.75) is 9.79 Å². The number of aromatic carboxylic acids is 1. The molecular formula is C24H18ClN5O12S2. The van der Waals surface area contributed by atoms with Crippen molar-refractivity contribution in [2.75, 3.05) is 17.7 Å². The molecule has 0 fully saturated rings. The number of phenolic OH excluding ortho intramolecular Hbond substituents is 1. The van der Waals surface area contributed by atoms with E-state index in [1.165, 1.54) is 6.07 Å². The minimum absolute atomic E-state index is 0.140. The summed E-state index contributed by atoms with van der Waals surface area (Å²) in [5, 5.41) is 34.0. The van der Waals surface area contributed by atoms with E-state index in [0.29, 0.717) is 12.1 Å². The molecule has 44 heavy (non-hydrogen) atoms. The van der Waals surface area contributed by atoms with Crippen LogP contribution < -0.4 is 15.4 Å². The highest BCUT2D eigenvalue weighted by molar-refractivity contribution is 7.86. The van der Waals surface area contributed by atoms with Crippen LogP contribution in [0.25, 0.3) is 0 Å². The van der Waals surface area contributed by atoms with Gasteiger partial charge in [-0.15, -0.1) is 0 Å². The van der Waals surface area contributed by atoms with Gasteiger partial charge in [0, 0.05) is 23.4 Å². The summed E-state index contributed by atoms with van der Waals surface area (Å²) in [6, 6.07) is 7.65. The highest BCUT2D eigenvalue weighted by atomic mass is 35.5. The maximum absolute atomic E-state index is 13.2. The first-order chi connectivity index (χ1) is 20.5. The standard InChI is InChI=1S/C24H18ClN5O12S2/c1-42-17-9-16(32)13(8-19(17)44(39,40)41)20(33)10-2-5-14(18(6-10)43(36,37)38)27-24-29-22(25)28-23(30-24)26-11-3-4-12(21(34)35)15(31)7-11/h2-9,31-32H,1H3,(H,34,35)(H,36,37,38)(H,39,40,41)(H2,26,27,28,29,30). The first-order valence-electron chi connectivity index (χ1n) is 11.5.